The van der Waals surface area contributed by atoms with Gasteiger partial charge in [0.25, 0.3) is 0 Å². The molecule has 0 atom stereocenters. The SMILES string of the molecule is Cc1ccc(C)c(CN2CCCN(N)C2=O)c1. The predicted octanol–water partition coefficient (Wildman–Crippen LogP) is 1.80. The minimum Gasteiger partial charge on any atom is -0.319 e. The van der Waals surface area contributed by atoms with Crippen molar-refractivity contribution in [3.8, 4) is 0 Å². The van der Waals surface area contributed by atoms with Crippen LogP contribution in [0.15, 0.2) is 18.2 Å². The summed E-state index contributed by atoms with van der Waals surface area (Å²) in [4.78, 5) is 13.7. The van der Waals surface area contributed by atoms with E-state index in [0.29, 0.717) is 13.1 Å². The number of hydrogen-bond donors (Lipinski definition) is 1. The lowest BCUT2D eigenvalue weighted by Gasteiger charge is -2.33. The molecule has 2 N–H and O–H groups in total. The van der Waals surface area contributed by atoms with Crippen LogP contribution in [0.25, 0.3) is 0 Å². The second-order valence-electron chi connectivity index (χ2n) is 4.68. The Hall–Kier alpha value is -1.55. The molecule has 1 aromatic rings. The Morgan fingerprint density at radius 1 is 1.29 bits per heavy atom. The number of aryl methyl sites for hydroxylation is 2. The number of hydrazine groups is 1. The van der Waals surface area contributed by atoms with Gasteiger partial charge in [-0.1, -0.05) is 23.8 Å². The molecule has 0 saturated carbocycles. The fraction of sp³-hybridized carbons (Fsp3) is 0.462. The Labute approximate surface area is 102 Å². The summed E-state index contributed by atoms with van der Waals surface area (Å²) in [5.74, 6) is 5.63. The fourth-order valence-electron chi connectivity index (χ4n) is 2.13. The van der Waals surface area contributed by atoms with Crippen LogP contribution in [0, 0.1) is 13.8 Å². The van der Waals surface area contributed by atoms with Gasteiger partial charge in [0.05, 0.1) is 0 Å². The van der Waals surface area contributed by atoms with Crippen molar-refractivity contribution in [2.75, 3.05) is 13.1 Å². The van der Waals surface area contributed by atoms with Gasteiger partial charge in [-0.3, -0.25) is 5.01 Å². The Bertz CT molecular complexity index is 431. The molecule has 92 valence electrons. The topological polar surface area (TPSA) is 49.6 Å². The summed E-state index contributed by atoms with van der Waals surface area (Å²) < 4.78 is 0. The van der Waals surface area contributed by atoms with E-state index in [9.17, 15) is 4.79 Å². The molecule has 1 aliphatic rings. The largest absolute Gasteiger partial charge is 0.334 e. The number of nitrogens with two attached hydrogens (primary N) is 1. The fourth-order valence-corrected chi connectivity index (χ4v) is 2.13. The van der Waals surface area contributed by atoms with Gasteiger partial charge < -0.3 is 4.90 Å². The molecule has 1 fully saturated rings. The lowest BCUT2D eigenvalue weighted by Crippen LogP contribution is -2.52. The summed E-state index contributed by atoms with van der Waals surface area (Å²) in [7, 11) is 0. The minimum absolute atomic E-state index is 0.0721. The first-order valence-corrected chi connectivity index (χ1v) is 5.95. The van der Waals surface area contributed by atoms with Crippen LogP contribution in [0.1, 0.15) is 23.1 Å². The van der Waals surface area contributed by atoms with E-state index in [-0.39, 0.29) is 6.03 Å². The zero-order valence-corrected chi connectivity index (χ0v) is 10.4. The second-order valence-corrected chi connectivity index (χ2v) is 4.68. The van der Waals surface area contributed by atoms with E-state index in [1.165, 1.54) is 21.7 Å². The number of benzene rings is 1. The average Bonchev–Trinajstić information content (AvgIpc) is 2.30. The summed E-state index contributed by atoms with van der Waals surface area (Å²) in [6, 6.07) is 6.25. The first-order valence-electron chi connectivity index (χ1n) is 5.95. The van der Waals surface area contributed by atoms with Gasteiger partial charge in [-0.2, -0.15) is 0 Å². The summed E-state index contributed by atoms with van der Waals surface area (Å²) in [5, 5.41) is 1.30. The van der Waals surface area contributed by atoms with E-state index in [0.717, 1.165) is 13.0 Å². The van der Waals surface area contributed by atoms with Crippen LogP contribution in [0.3, 0.4) is 0 Å². The van der Waals surface area contributed by atoms with Crippen LogP contribution in [-0.2, 0) is 6.54 Å². The molecule has 0 unspecified atom stereocenters. The summed E-state index contributed by atoms with van der Waals surface area (Å²) in [6.45, 7) is 6.24. The van der Waals surface area contributed by atoms with Crippen molar-refractivity contribution >= 4 is 6.03 Å². The van der Waals surface area contributed by atoms with Gasteiger partial charge in [0.1, 0.15) is 0 Å². The van der Waals surface area contributed by atoms with Crippen LogP contribution >= 0.6 is 0 Å². The molecular formula is C13H19N3O. The molecule has 2 amide bonds. The highest BCUT2D eigenvalue weighted by Crippen LogP contribution is 2.16. The zero-order valence-electron chi connectivity index (χ0n) is 10.4. The van der Waals surface area contributed by atoms with Crippen LogP contribution in [0.5, 0.6) is 0 Å². The molecule has 1 saturated heterocycles. The van der Waals surface area contributed by atoms with E-state index in [2.05, 4.69) is 32.0 Å². The third-order valence-corrected chi connectivity index (χ3v) is 3.21. The monoisotopic (exact) mass is 233 g/mol. The van der Waals surface area contributed by atoms with Gasteiger partial charge in [-0.15, -0.1) is 0 Å². The highest BCUT2D eigenvalue weighted by molar-refractivity contribution is 5.74. The second kappa shape index (κ2) is 4.75. The molecule has 2 rings (SSSR count). The zero-order chi connectivity index (χ0) is 12.4. The summed E-state index contributed by atoms with van der Waals surface area (Å²) in [6.07, 6.45) is 0.938. The number of amides is 2. The third-order valence-electron chi connectivity index (χ3n) is 3.21. The normalized spacial score (nSPS) is 16.5. The number of carbonyl (C=O) groups is 1. The smallest absolute Gasteiger partial charge is 0.319 e. The van der Waals surface area contributed by atoms with Crippen molar-refractivity contribution in [2.24, 2.45) is 5.84 Å². The maximum absolute atomic E-state index is 11.9. The molecule has 0 bridgehead atoms. The molecule has 4 heteroatoms. The molecule has 1 aliphatic heterocycles. The molecule has 17 heavy (non-hydrogen) atoms. The van der Waals surface area contributed by atoms with Crippen molar-refractivity contribution in [2.45, 2.75) is 26.8 Å². The summed E-state index contributed by atoms with van der Waals surface area (Å²) in [5.41, 5.74) is 3.64. The van der Waals surface area contributed by atoms with Crippen LogP contribution in [0.4, 0.5) is 4.79 Å². The van der Waals surface area contributed by atoms with E-state index in [1.54, 1.807) is 0 Å². The van der Waals surface area contributed by atoms with Gasteiger partial charge >= 0.3 is 6.03 Å². The summed E-state index contributed by atoms with van der Waals surface area (Å²) >= 11 is 0. The Balaban J connectivity index is 2.14. The van der Waals surface area contributed by atoms with E-state index in [4.69, 9.17) is 5.84 Å². The molecule has 0 spiro atoms. The van der Waals surface area contributed by atoms with E-state index < -0.39 is 0 Å². The van der Waals surface area contributed by atoms with Crippen LogP contribution < -0.4 is 5.84 Å². The number of rotatable bonds is 2. The molecule has 1 aromatic carbocycles. The first kappa shape index (κ1) is 11.9. The van der Waals surface area contributed by atoms with Crippen LogP contribution in [-0.4, -0.2) is 29.0 Å². The van der Waals surface area contributed by atoms with Crippen molar-refractivity contribution in [1.82, 2.24) is 9.91 Å². The highest BCUT2D eigenvalue weighted by atomic mass is 16.2. The maximum Gasteiger partial charge on any atom is 0.334 e. The van der Waals surface area contributed by atoms with Gasteiger partial charge in [-0.05, 0) is 31.4 Å². The Morgan fingerprint density at radius 2 is 2.06 bits per heavy atom. The molecular weight excluding hydrogens is 214 g/mol. The molecule has 1 heterocycles. The highest BCUT2D eigenvalue weighted by Gasteiger charge is 2.23. The van der Waals surface area contributed by atoms with Crippen molar-refractivity contribution < 1.29 is 4.79 Å². The molecule has 0 aromatic heterocycles. The van der Waals surface area contributed by atoms with Gasteiger partial charge in [-0.25, -0.2) is 10.6 Å². The lowest BCUT2D eigenvalue weighted by atomic mass is 10.1. The molecule has 4 nitrogen and oxygen atoms in total. The van der Waals surface area contributed by atoms with Crippen molar-refractivity contribution in [3.05, 3.63) is 34.9 Å². The standard InChI is InChI=1S/C13H19N3O/c1-10-4-5-11(2)12(8-10)9-15-6-3-7-16(14)13(15)17/h4-5,8H,3,6-7,9,14H2,1-2H3. The molecule has 0 radical (unpaired) electrons. The third kappa shape index (κ3) is 2.58. The Morgan fingerprint density at radius 3 is 2.82 bits per heavy atom. The predicted molar refractivity (Wildman–Crippen MR) is 67.2 cm³/mol. The number of urea groups is 1. The minimum atomic E-state index is -0.0721. The van der Waals surface area contributed by atoms with Crippen molar-refractivity contribution in [3.63, 3.8) is 0 Å². The van der Waals surface area contributed by atoms with Gasteiger partial charge in [0.2, 0.25) is 0 Å². The number of hydrogen-bond acceptors (Lipinski definition) is 2. The van der Waals surface area contributed by atoms with Crippen LogP contribution in [0.2, 0.25) is 0 Å². The molecule has 0 aliphatic carbocycles. The van der Waals surface area contributed by atoms with Gasteiger partial charge in [0, 0.05) is 19.6 Å². The maximum atomic E-state index is 11.9. The lowest BCUT2D eigenvalue weighted by molar-refractivity contribution is 0.127. The van der Waals surface area contributed by atoms with Gasteiger partial charge in [0.15, 0.2) is 0 Å². The quantitative estimate of drug-likeness (QED) is 0.625. The average molecular weight is 233 g/mol. The Kier molecular flexibility index (Phi) is 3.33. The number of carbonyl (C=O) groups excluding carboxylic acids is 1. The number of nitrogens with zero attached hydrogens (tertiary/aromatic N) is 2. The van der Waals surface area contributed by atoms with E-state index in [1.807, 2.05) is 4.90 Å². The first-order chi connectivity index (χ1) is 8.08. The van der Waals surface area contributed by atoms with E-state index >= 15 is 0 Å². The van der Waals surface area contributed by atoms with Crippen molar-refractivity contribution in [1.29, 1.82) is 0 Å².